The van der Waals surface area contributed by atoms with Gasteiger partial charge >= 0.3 is 39.5 Å². The standard InChI is InChI=1S/C85H166O17P2/c1-7-9-11-13-15-17-19-21-23-25-26-27-31-36-40-44-52-58-64-70-84(89)101-80(73-95-82(87)67-61-55-49-42-38-34-32-28-29-33-37-41-47-53-59-65-77(3)4)75-99-103(91,92)97-71-79(86)72-98-104(93,94)100-76-81(74-96-83(88)68-62-56-50-46-45-48-54-60-66-78(5)6)102-85(90)69-63-57-51-43-39-35-30-24-22-20-18-16-14-12-10-8-2/h77-81,86H,7-76H2,1-6H3,(H,91,92)(H,93,94)/t79-,80-,81-/m1/s1. The molecule has 3 N–H and O–H groups in total. The lowest BCUT2D eigenvalue weighted by Gasteiger charge is -2.21. The van der Waals surface area contributed by atoms with Crippen molar-refractivity contribution in [1.82, 2.24) is 0 Å². The molecule has 5 atom stereocenters. The summed E-state index contributed by atoms with van der Waals surface area (Å²) in [5, 5.41) is 10.7. The summed E-state index contributed by atoms with van der Waals surface area (Å²) in [5.41, 5.74) is 0. The fourth-order valence-electron chi connectivity index (χ4n) is 13.2. The maximum Gasteiger partial charge on any atom is 0.472 e. The van der Waals surface area contributed by atoms with Gasteiger partial charge in [0, 0.05) is 25.7 Å². The first-order valence-corrected chi connectivity index (χ1v) is 47.0. The van der Waals surface area contributed by atoms with Crippen LogP contribution in [0.2, 0.25) is 0 Å². The van der Waals surface area contributed by atoms with E-state index in [1.165, 1.54) is 270 Å². The van der Waals surface area contributed by atoms with E-state index in [1.807, 2.05) is 0 Å². The van der Waals surface area contributed by atoms with Crippen LogP contribution in [0.3, 0.4) is 0 Å². The van der Waals surface area contributed by atoms with Gasteiger partial charge in [-0.2, -0.15) is 0 Å². The first-order chi connectivity index (χ1) is 50.4. The third-order valence-corrected chi connectivity index (χ3v) is 21.9. The molecule has 0 rings (SSSR count). The smallest absolute Gasteiger partial charge is 0.462 e. The molecular weight excluding hydrogens is 1350 g/mol. The average molecular weight is 1520 g/mol. The second-order valence-corrected chi connectivity index (χ2v) is 34.4. The number of unbranched alkanes of at least 4 members (excludes halogenated alkanes) is 54. The van der Waals surface area contributed by atoms with E-state index >= 15 is 0 Å². The topological polar surface area (TPSA) is 237 Å². The van der Waals surface area contributed by atoms with Gasteiger partial charge in [0.1, 0.15) is 19.3 Å². The van der Waals surface area contributed by atoms with E-state index in [0.717, 1.165) is 102 Å². The van der Waals surface area contributed by atoms with E-state index in [1.54, 1.807) is 0 Å². The number of phosphoric ester groups is 2. The van der Waals surface area contributed by atoms with Crippen LogP contribution in [0.5, 0.6) is 0 Å². The van der Waals surface area contributed by atoms with Gasteiger partial charge in [0.2, 0.25) is 0 Å². The Bertz CT molecular complexity index is 1990. The van der Waals surface area contributed by atoms with Gasteiger partial charge < -0.3 is 33.8 Å². The number of aliphatic hydroxyl groups excluding tert-OH is 1. The number of esters is 4. The molecule has 0 spiro atoms. The van der Waals surface area contributed by atoms with E-state index < -0.39 is 97.5 Å². The van der Waals surface area contributed by atoms with Crippen molar-refractivity contribution in [2.24, 2.45) is 11.8 Å². The highest BCUT2D eigenvalue weighted by molar-refractivity contribution is 7.47. The van der Waals surface area contributed by atoms with Crippen LogP contribution in [0.15, 0.2) is 0 Å². The van der Waals surface area contributed by atoms with Crippen LogP contribution in [0, 0.1) is 11.8 Å². The van der Waals surface area contributed by atoms with Gasteiger partial charge in [-0.3, -0.25) is 37.3 Å². The van der Waals surface area contributed by atoms with Crippen molar-refractivity contribution in [3.63, 3.8) is 0 Å². The van der Waals surface area contributed by atoms with Crippen LogP contribution >= 0.6 is 15.6 Å². The van der Waals surface area contributed by atoms with E-state index in [-0.39, 0.29) is 25.7 Å². The van der Waals surface area contributed by atoms with Crippen molar-refractivity contribution in [1.29, 1.82) is 0 Å². The van der Waals surface area contributed by atoms with Crippen molar-refractivity contribution in [2.45, 2.75) is 471 Å². The Morgan fingerprint density at radius 1 is 0.260 bits per heavy atom. The second kappa shape index (κ2) is 76.4. The van der Waals surface area contributed by atoms with Crippen molar-refractivity contribution < 1.29 is 80.2 Å². The van der Waals surface area contributed by atoms with Gasteiger partial charge in [-0.25, -0.2) is 9.13 Å². The third kappa shape index (κ3) is 78.2. The van der Waals surface area contributed by atoms with Crippen LogP contribution in [-0.4, -0.2) is 96.7 Å². The lowest BCUT2D eigenvalue weighted by atomic mass is 10.0. The van der Waals surface area contributed by atoms with Crippen LogP contribution < -0.4 is 0 Å². The minimum atomic E-state index is -4.97. The number of aliphatic hydroxyl groups is 1. The Kier molecular flexibility index (Phi) is 75.0. The number of carbonyl (C=O) groups excluding carboxylic acids is 4. The van der Waals surface area contributed by atoms with Gasteiger partial charge in [0.25, 0.3) is 0 Å². The van der Waals surface area contributed by atoms with Gasteiger partial charge in [-0.15, -0.1) is 0 Å². The largest absolute Gasteiger partial charge is 0.472 e. The predicted molar refractivity (Wildman–Crippen MR) is 428 cm³/mol. The molecule has 0 aromatic heterocycles. The maximum atomic E-state index is 13.1. The Labute approximate surface area is 638 Å². The van der Waals surface area contributed by atoms with Gasteiger partial charge in [0.05, 0.1) is 26.4 Å². The molecule has 0 aromatic rings. The number of hydrogen-bond acceptors (Lipinski definition) is 15. The SMILES string of the molecule is CCCCCCCCCCCCCCCCCCCCCC(=O)O[C@H](COC(=O)CCCCCCCCCCCCCCCCCC(C)C)COP(=O)(O)OC[C@@H](O)COP(=O)(O)OC[C@@H](COC(=O)CCCCCCCCCCC(C)C)OC(=O)CCCCCCCCCCCCCCCCCC. The number of phosphoric acid groups is 2. The molecule has 17 nitrogen and oxygen atoms in total. The molecule has 0 amide bonds. The molecule has 618 valence electrons. The van der Waals surface area contributed by atoms with E-state index in [0.29, 0.717) is 25.7 Å². The predicted octanol–water partition coefficient (Wildman–Crippen LogP) is 25.8. The summed E-state index contributed by atoms with van der Waals surface area (Å²) in [5.74, 6) is -0.570. The number of ether oxygens (including phenoxy) is 4. The second-order valence-electron chi connectivity index (χ2n) is 31.5. The molecule has 2 unspecified atom stereocenters. The lowest BCUT2D eigenvalue weighted by molar-refractivity contribution is -0.161. The van der Waals surface area contributed by atoms with E-state index in [4.69, 9.17) is 37.0 Å². The van der Waals surface area contributed by atoms with Gasteiger partial charge in [-0.05, 0) is 37.5 Å². The fourth-order valence-corrected chi connectivity index (χ4v) is 14.8. The summed E-state index contributed by atoms with van der Waals surface area (Å²) >= 11 is 0. The summed E-state index contributed by atoms with van der Waals surface area (Å²) in [7, 11) is -9.93. The molecule has 0 aliphatic rings. The molecule has 0 aliphatic heterocycles. The molecule has 0 bridgehead atoms. The molecule has 0 saturated carbocycles. The Balaban J connectivity index is 5.25. The first-order valence-electron chi connectivity index (χ1n) is 44.0. The average Bonchev–Trinajstić information content (AvgIpc) is 0.911. The molecular formula is C85H166O17P2. The quantitative estimate of drug-likeness (QED) is 0.0222. The fraction of sp³-hybridized carbons (Fsp3) is 0.953. The zero-order chi connectivity index (χ0) is 76.4. The molecule has 19 heteroatoms. The molecule has 0 aromatic carbocycles. The summed E-state index contributed by atoms with van der Waals surface area (Å²) in [6, 6.07) is 0. The highest BCUT2D eigenvalue weighted by Crippen LogP contribution is 2.45. The number of carbonyl (C=O) groups is 4. The first kappa shape index (κ1) is 102. The Morgan fingerprint density at radius 3 is 0.654 bits per heavy atom. The highest BCUT2D eigenvalue weighted by atomic mass is 31.2. The van der Waals surface area contributed by atoms with Crippen LogP contribution in [0.1, 0.15) is 452 Å². The molecule has 0 aliphatic carbocycles. The van der Waals surface area contributed by atoms with Crippen LogP contribution in [0.4, 0.5) is 0 Å². The Morgan fingerprint density at radius 2 is 0.442 bits per heavy atom. The summed E-state index contributed by atoms with van der Waals surface area (Å²) in [6.45, 7) is 9.66. The zero-order valence-corrected chi connectivity index (χ0v) is 70.1. The molecule has 0 radical (unpaired) electrons. The van der Waals surface area contributed by atoms with Crippen molar-refractivity contribution in [2.75, 3.05) is 39.6 Å². The summed E-state index contributed by atoms with van der Waals surface area (Å²) in [6.07, 6.45) is 68.0. The molecule has 0 heterocycles. The lowest BCUT2D eigenvalue weighted by Crippen LogP contribution is -2.30. The van der Waals surface area contributed by atoms with Gasteiger partial charge in [-0.1, -0.05) is 401 Å². The molecule has 104 heavy (non-hydrogen) atoms. The van der Waals surface area contributed by atoms with Crippen LogP contribution in [0.25, 0.3) is 0 Å². The van der Waals surface area contributed by atoms with E-state index in [9.17, 15) is 43.2 Å². The van der Waals surface area contributed by atoms with Crippen molar-refractivity contribution in [3.8, 4) is 0 Å². The van der Waals surface area contributed by atoms with E-state index in [2.05, 4.69) is 41.5 Å². The van der Waals surface area contributed by atoms with Crippen LogP contribution in [-0.2, 0) is 65.4 Å². The maximum absolute atomic E-state index is 13.1. The molecule has 0 fully saturated rings. The zero-order valence-electron chi connectivity index (χ0n) is 68.3. The van der Waals surface area contributed by atoms with Gasteiger partial charge in [0.15, 0.2) is 12.2 Å². The molecule has 0 saturated heterocycles. The normalized spacial score (nSPS) is 13.8. The minimum Gasteiger partial charge on any atom is -0.462 e. The van der Waals surface area contributed by atoms with Crippen molar-refractivity contribution >= 4 is 39.5 Å². The third-order valence-electron chi connectivity index (χ3n) is 20.0. The summed E-state index contributed by atoms with van der Waals surface area (Å²) in [4.78, 5) is 73.2. The Hall–Kier alpha value is -1.94. The number of hydrogen-bond donors (Lipinski definition) is 3. The highest BCUT2D eigenvalue weighted by Gasteiger charge is 2.30. The number of rotatable bonds is 84. The monoisotopic (exact) mass is 1520 g/mol. The minimum absolute atomic E-state index is 0.108. The van der Waals surface area contributed by atoms with Crippen molar-refractivity contribution in [3.05, 3.63) is 0 Å². The summed E-state index contributed by atoms with van der Waals surface area (Å²) < 4.78 is 68.9.